The summed E-state index contributed by atoms with van der Waals surface area (Å²) in [6, 6.07) is 12.5. The molecule has 140 valence electrons. The molecule has 2 aromatic carbocycles. The smallest absolute Gasteiger partial charge is 0.335 e. The molecule has 0 amide bonds. The molecular weight excluding hydrogens is 378 g/mol. The number of aromatic hydroxyl groups is 1. The van der Waals surface area contributed by atoms with Gasteiger partial charge in [-0.3, -0.25) is 14.8 Å². The lowest BCUT2D eigenvalue weighted by atomic mass is 10.0. The standard InChI is InChI=1S/C21H16ClN3O3/c1-11-7-8-13(9-17(11)22)25-20(27)16(19(26)24-21(25)28)10-15-12(2)23-18-6-4-3-5-14(15)18/h3-10,27H,1-2H3,(H,24,26,28). The van der Waals surface area contributed by atoms with Crippen molar-refractivity contribution in [3.05, 3.63) is 85.0 Å². The number of halogens is 1. The molecule has 0 saturated carbocycles. The van der Waals surface area contributed by atoms with Crippen LogP contribution < -0.4 is 11.2 Å². The van der Waals surface area contributed by atoms with E-state index < -0.39 is 17.1 Å². The van der Waals surface area contributed by atoms with Crippen molar-refractivity contribution in [1.29, 1.82) is 0 Å². The molecule has 4 rings (SSSR count). The van der Waals surface area contributed by atoms with Gasteiger partial charge in [0.2, 0.25) is 5.88 Å². The largest absolute Gasteiger partial charge is 0.494 e. The summed E-state index contributed by atoms with van der Waals surface area (Å²) in [5.41, 5.74) is 2.81. The summed E-state index contributed by atoms with van der Waals surface area (Å²) in [6.07, 6.45) is 1.55. The van der Waals surface area contributed by atoms with Crippen LogP contribution in [0.3, 0.4) is 0 Å². The number of benzene rings is 2. The summed E-state index contributed by atoms with van der Waals surface area (Å²) in [4.78, 5) is 31.5. The number of aliphatic imine (C=N–C) groups is 1. The average Bonchev–Trinajstić information content (AvgIpc) is 2.96. The number of aromatic nitrogens is 2. The number of fused-ring (bicyclic) bond motifs is 1. The number of rotatable bonds is 2. The molecule has 2 N–H and O–H groups in total. The maximum absolute atomic E-state index is 12.4. The van der Waals surface area contributed by atoms with Crippen LogP contribution in [0.25, 0.3) is 17.3 Å². The maximum Gasteiger partial charge on any atom is 0.335 e. The van der Waals surface area contributed by atoms with E-state index in [1.54, 1.807) is 24.3 Å². The number of hydrogen-bond acceptors (Lipinski definition) is 4. The van der Waals surface area contributed by atoms with Crippen LogP contribution in [0.4, 0.5) is 5.69 Å². The van der Waals surface area contributed by atoms with Gasteiger partial charge in [-0.05, 0) is 43.7 Å². The molecule has 0 fully saturated rings. The zero-order valence-corrected chi connectivity index (χ0v) is 15.9. The number of hydrogen-bond donors (Lipinski definition) is 2. The molecule has 0 spiro atoms. The number of aromatic amines is 1. The SMILES string of the molecule is CC1=Nc2ccccc2C1=Cc1c(O)n(-c2ccc(C)c(Cl)c2)c(=O)[nH]c1=O. The van der Waals surface area contributed by atoms with Crippen molar-refractivity contribution in [3.63, 3.8) is 0 Å². The second-order valence-electron chi connectivity index (χ2n) is 6.54. The van der Waals surface area contributed by atoms with E-state index in [1.807, 2.05) is 38.1 Å². The van der Waals surface area contributed by atoms with Crippen molar-refractivity contribution in [2.24, 2.45) is 4.99 Å². The number of allylic oxidation sites excluding steroid dienone is 1. The van der Waals surface area contributed by atoms with E-state index in [2.05, 4.69) is 9.98 Å². The van der Waals surface area contributed by atoms with Crippen LogP contribution in [0.5, 0.6) is 5.88 Å². The molecular formula is C21H16ClN3O3. The fraction of sp³-hybridized carbons (Fsp3) is 0.0952. The van der Waals surface area contributed by atoms with Crippen LogP contribution in [0.2, 0.25) is 5.02 Å². The monoisotopic (exact) mass is 393 g/mol. The first-order chi connectivity index (χ1) is 13.4. The van der Waals surface area contributed by atoms with Gasteiger partial charge in [-0.15, -0.1) is 0 Å². The van der Waals surface area contributed by atoms with Crippen LogP contribution in [0.1, 0.15) is 23.6 Å². The van der Waals surface area contributed by atoms with Crippen LogP contribution in [0.15, 0.2) is 57.0 Å². The first-order valence-electron chi connectivity index (χ1n) is 8.58. The first-order valence-corrected chi connectivity index (χ1v) is 8.96. The first kappa shape index (κ1) is 18.0. The van der Waals surface area contributed by atoms with Crippen molar-refractivity contribution in [1.82, 2.24) is 9.55 Å². The lowest BCUT2D eigenvalue weighted by Gasteiger charge is -2.11. The van der Waals surface area contributed by atoms with Gasteiger partial charge in [0.05, 0.1) is 11.4 Å². The van der Waals surface area contributed by atoms with Gasteiger partial charge in [0.15, 0.2) is 0 Å². The van der Waals surface area contributed by atoms with Gasteiger partial charge in [-0.2, -0.15) is 0 Å². The molecule has 1 aliphatic rings. The third-order valence-electron chi connectivity index (χ3n) is 4.70. The Bertz CT molecular complexity index is 1300. The summed E-state index contributed by atoms with van der Waals surface area (Å²) in [5, 5.41) is 11.2. The van der Waals surface area contributed by atoms with E-state index in [0.29, 0.717) is 16.3 Å². The van der Waals surface area contributed by atoms with Gasteiger partial charge in [0.1, 0.15) is 5.56 Å². The fourth-order valence-corrected chi connectivity index (χ4v) is 3.37. The van der Waals surface area contributed by atoms with E-state index in [9.17, 15) is 14.7 Å². The maximum atomic E-state index is 12.4. The molecule has 7 heteroatoms. The van der Waals surface area contributed by atoms with Gasteiger partial charge in [-0.25, -0.2) is 9.36 Å². The molecule has 1 aliphatic heterocycles. The molecule has 2 heterocycles. The second kappa shape index (κ2) is 6.65. The highest BCUT2D eigenvalue weighted by atomic mass is 35.5. The highest BCUT2D eigenvalue weighted by Crippen LogP contribution is 2.36. The van der Waals surface area contributed by atoms with E-state index in [-0.39, 0.29) is 5.56 Å². The average molecular weight is 394 g/mol. The number of H-pyrrole nitrogens is 1. The number of aryl methyl sites for hydroxylation is 1. The summed E-state index contributed by atoms with van der Waals surface area (Å²) >= 11 is 6.16. The minimum absolute atomic E-state index is 0.0300. The molecule has 0 bridgehead atoms. The minimum Gasteiger partial charge on any atom is -0.494 e. The molecule has 0 saturated heterocycles. The molecule has 0 unspecified atom stereocenters. The number of nitrogens with zero attached hydrogens (tertiary/aromatic N) is 2. The van der Waals surface area contributed by atoms with E-state index in [1.165, 1.54) is 0 Å². The predicted molar refractivity (Wildman–Crippen MR) is 111 cm³/mol. The summed E-state index contributed by atoms with van der Waals surface area (Å²) in [5.74, 6) is -0.460. The van der Waals surface area contributed by atoms with Crippen molar-refractivity contribution >= 4 is 34.6 Å². The summed E-state index contributed by atoms with van der Waals surface area (Å²) in [7, 11) is 0. The summed E-state index contributed by atoms with van der Waals surface area (Å²) < 4.78 is 1.02. The van der Waals surface area contributed by atoms with Gasteiger partial charge in [0, 0.05) is 21.9 Å². The topological polar surface area (TPSA) is 87.4 Å². The molecule has 3 aromatic rings. The quantitative estimate of drug-likeness (QED) is 0.693. The van der Waals surface area contributed by atoms with Crippen molar-refractivity contribution in [2.45, 2.75) is 13.8 Å². The highest BCUT2D eigenvalue weighted by Gasteiger charge is 2.20. The summed E-state index contributed by atoms with van der Waals surface area (Å²) in [6.45, 7) is 3.66. The normalized spacial score (nSPS) is 14.2. The van der Waals surface area contributed by atoms with Crippen LogP contribution in [-0.2, 0) is 0 Å². The minimum atomic E-state index is -0.748. The predicted octanol–water partition coefficient (Wildman–Crippen LogP) is 3.84. The Balaban J connectivity index is 1.95. The molecule has 0 atom stereocenters. The van der Waals surface area contributed by atoms with Crippen LogP contribution in [-0.4, -0.2) is 20.4 Å². The number of para-hydroxylation sites is 1. The third kappa shape index (κ3) is 2.88. The molecule has 6 nitrogen and oxygen atoms in total. The molecule has 0 radical (unpaired) electrons. The van der Waals surface area contributed by atoms with E-state index in [0.717, 1.165) is 27.1 Å². The molecule has 0 aliphatic carbocycles. The highest BCUT2D eigenvalue weighted by molar-refractivity contribution is 6.32. The Morgan fingerprint density at radius 3 is 2.64 bits per heavy atom. The zero-order valence-electron chi connectivity index (χ0n) is 15.2. The van der Waals surface area contributed by atoms with Crippen molar-refractivity contribution < 1.29 is 5.11 Å². The van der Waals surface area contributed by atoms with Gasteiger partial charge < -0.3 is 5.11 Å². The van der Waals surface area contributed by atoms with Crippen LogP contribution >= 0.6 is 11.6 Å². The second-order valence-corrected chi connectivity index (χ2v) is 6.95. The Kier molecular flexibility index (Phi) is 4.28. The zero-order chi connectivity index (χ0) is 20.0. The lowest BCUT2D eigenvalue weighted by molar-refractivity contribution is 0.429. The Hall–Kier alpha value is -3.38. The lowest BCUT2D eigenvalue weighted by Crippen LogP contribution is -2.30. The van der Waals surface area contributed by atoms with Crippen molar-refractivity contribution in [2.75, 3.05) is 0 Å². The Morgan fingerprint density at radius 1 is 1.14 bits per heavy atom. The van der Waals surface area contributed by atoms with Gasteiger partial charge >= 0.3 is 5.69 Å². The van der Waals surface area contributed by atoms with Gasteiger partial charge in [-0.1, -0.05) is 35.9 Å². The Labute approximate surface area is 165 Å². The fourth-order valence-electron chi connectivity index (χ4n) is 3.19. The van der Waals surface area contributed by atoms with E-state index in [4.69, 9.17) is 11.6 Å². The van der Waals surface area contributed by atoms with E-state index >= 15 is 0 Å². The van der Waals surface area contributed by atoms with Gasteiger partial charge in [0.25, 0.3) is 5.56 Å². The van der Waals surface area contributed by atoms with Crippen molar-refractivity contribution in [3.8, 4) is 11.6 Å². The molecule has 1 aromatic heterocycles. The third-order valence-corrected chi connectivity index (χ3v) is 5.10. The van der Waals surface area contributed by atoms with Crippen LogP contribution in [0, 0.1) is 6.92 Å². The number of nitrogens with one attached hydrogen (secondary N) is 1. The molecule has 28 heavy (non-hydrogen) atoms. The Morgan fingerprint density at radius 2 is 1.89 bits per heavy atom.